The molecule has 0 amide bonds. The predicted octanol–water partition coefficient (Wildman–Crippen LogP) is 3.75. The van der Waals surface area contributed by atoms with E-state index in [4.69, 9.17) is 0 Å². The second kappa shape index (κ2) is 5.59. The van der Waals surface area contributed by atoms with Crippen LogP contribution in [0.4, 0.5) is 4.39 Å². The summed E-state index contributed by atoms with van der Waals surface area (Å²) in [6.45, 7) is 6.83. The number of hydrogen-bond acceptors (Lipinski definition) is 3. The van der Waals surface area contributed by atoms with E-state index in [-0.39, 0.29) is 11.9 Å². The molecule has 1 aromatic carbocycles. The van der Waals surface area contributed by atoms with Gasteiger partial charge in [-0.05, 0) is 38.5 Å². The normalized spacial score (nSPS) is 12.7. The highest BCUT2D eigenvalue weighted by Gasteiger charge is 2.12. The first-order valence-corrected chi connectivity index (χ1v) is 6.79. The number of benzene rings is 1. The number of hydrogen-bond donors (Lipinski definition) is 1. The summed E-state index contributed by atoms with van der Waals surface area (Å²) >= 11 is 1.71. The number of thiazole rings is 1. The van der Waals surface area contributed by atoms with Crippen LogP contribution in [0.5, 0.6) is 0 Å². The molecule has 96 valence electrons. The summed E-state index contributed by atoms with van der Waals surface area (Å²) in [6.07, 6.45) is 0. The van der Waals surface area contributed by atoms with Crippen molar-refractivity contribution in [3.05, 3.63) is 51.2 Å². The van der Waals surface area contributed by atoms with Crippen LogP contribution in [0.15, 0.2) is 24.3 Å². The number of rotatable bonds is 4. The van der Waals surface area contributed by atoms with Gasteiger partial charge in [0.2, 0.25) is 0 Å². The lowest BCUT2D eigenvalue weighted by Gasteiger charge is -2.12. The van der Waals surface area contributed by atoms with E-state index in [1.54, 1.807) is 23.5 Å². The largest absolute Gasteiger partial charge is 0.305 e. The first-order valence-electron chi connectivity index (χ1n) is 5.98. The lowest BCUT2D eigenvalue weighted by molar-refractivity contribution is 0.557. The lowest BCUT2D eigenvalue weighted by Crippen LogP contribution is -2.19. The number of nitrogens with zero attached hydrogens (tertiary/aromatic N) is 1. The first kappa shape index (κ1) is 13.2. The molecular formula is C14H17FN2S. The van der Waals surface area contributed by atoms with Crippen molar-refractivity contribution in [3.8, 4) is 0 Å². The molecule has 1 aromatic heterocycles. The molecule has 0 radical (unpaired) electrons. The molecule has 1 heterocycles. The van der Waals surface area contributed by atoms with E-state index in [1.165, 1.54) is 10.9 Å². The van der Waals surface area contributed by atoms with E-state index in [1.807, 2.05) is 13.0 Å². The number of halogens is 1. The van der Waals surface area contributed by atoms with Crippen LogP contribution in [-0.2, 0) is 6.54 Å². The van der Waals surface area contributed by atoms with Crippen molar-refractivity contribution in [3.63, 3.8) is 0 Å². The summed E-state index contributed by atoms with van der Waals surface area (Å²) in [4.78, 5) is 5.76. The Kier molecular flexibility index (Phi) is 4.09. The van der Waals surface area contributed by atoms with Gasteiger partial charge in [-0.1, -0.05) is 12.1 Å². The Morgan fingerprint density at radius 3 is 2.78 bits per heavy atom. The summed E-state index contributed by atoms with van der Waals surface area (Å²) in [7, 11) is 0. The third kappa shape index (κ3) is 3.15. The minimum atomic E-state index is -0.192. The fourth-order valence-corrected chi connectivity index (χ4v) is 2.88. The highest BCUT2D eigenvalue weighted by Crippen LogP contribution is 2.22. The first-order chi connectivity index (χ1) is 8.56. The van der Waals surface area contributed by atoms with Gasteiger partial charge in [-0.25, -0.2) is 9.37 Å². The van der Waals surface area contributed by atoms with Crippen molar-refractivity contribution in [2.45, 2.75) is 33.4 Å². The summed E-state index contributed by atoms with van der Waals surface area (Å²) in [5, 5.41) is 4.46. The van der Waals surface area contributed by atoms with Crippen LogP contribution in [0.3, 0.4) is 0 Å². The van der Waals surface area contributed by atoms with Gasteiger partial charge in [0.15, 0.2) is 0 Å². The Bertz CT molecular complexity index is 536. The average molecular weight is 264 g/mol. The highest BCUT2D eigenvalue weighted by atomic mass is 32.1. The van der Waals surface area contributed by atoms with Crippen LogP contribution in [0.1, 0.15) is 34.1 Å². The molecule has 2 rings (SSSR count). The smallest absolute Gasteiger partial charge is 0.123 e. The van der Waals surface area contributed by atoms with Crippen LogP contribution in [0.25, 0.3) is 0 Å². The number of nitrogens with one attached hydrogen (secondary N) is 1. The third-order valence-corrected chi connectivity index (χ3v) is 3.75. The lowest BCUT2D eigenvalue weighted by atomic mass is 10.2. The van der Waals surface area contributed by atoms with Crippen molar-refractivity contribution in [2.75, 3.05) is 0 Å². The molecule has 0 saturated carbocycles. The SMILES string of the molecule is Cc1nc(C(C)NCc2cccc(F)c2)c(C)s1. The Labute approximate surface area is 111 Å². The van der Waals surface area contributed by atoms with Gasteiger partial charge in [0.05, 0.1) is 10.7 Å². The average Bonchev–Trinajstić information content (AvgIpc) is 2.66. The molecule has 0 fully saturated rings. The maximum atomic E-state index is 13.0. The van der Waals surface area contributed by atoms with Crippen molar-refractivity contribution in [2.24, 2.45) is 0 Å². The molecule has 2 nitrogen and oxygen atoms in total. The van der Waals surface area contributed by atoms with Gasteiger partial charge in [-0.2, -0.15) is 0 Å². The molecule has 18 heavy (non-hydrogen) atoms. The van der Waals surface area contributed by atoms with Crippen molar-refractivity contribution in [1.82, 2.24) is 10.3 Å². The molecule has 0 bridgehead atoms. The monoisotopic (exact) mass is 264 g/mol. The molecule has 2 aromatic rings. The molecule has 0 aliphatic heterocycles. The van der Waals surface area contributed by atoms with E-state index in [0.29, 0.717) is 6.54 Å². The number of aryl methyl sites for hydroxylation is 2. The fraction of sp³-hybridized carbons (Fsp3) is 0.357. The predicted molar refractivity (Wildman–Crippen MR) is 73.2 cm³/mol. The second-order valence-electron chi connectivity index (χ2n) is 4.41. The maximum absolute atomic E-state index is 13.0. The molecule has 1 atom stereocenters. The molecule has 1 unspecified atom stereocenters. The van der Waals surface area contributed by atoms with E-state index < -0.39 is 0 Å². The molecule has 1 N–H and O–H groups in total. The summed E-state index contributed by atoms with van der Waals surface area (Å²) < 4.78 is 13.0. The van der Waals surface area contributed by atoms with Crippen molar-refractivity contribution in [1.29, 1.82) is 0 Å². The zero-order valence-corrected chi connectivity index (χ0v) is 11.6. The van der Waals surface area contributed by atoms with E-state index in [9.17, 15) is 4.39 Å². The van der Waals surface area contributed by atoms with Gasteiger partial charge in [0, 0.05) is 17.5 Å². The molecule has 0 aliphatic rings. The van der Waals surface area contributed by atoms with Crippen molar-refractivity contribution < 1.29 is 4.39 Å². The molecule has 0 saturated heterocycles. The molecule has 0 spiro atoms. The highest BCUT2D eigenvalue weighted by molar-refractivity contribution is 7.11. The van der Waals surface area contributed by atoms with Crippen LogP contribution >= 0.6 is 11.3 Å². The maximum Gasteiger partial charge on any atom is 0.123 e. The van der Waals surface area contributed by atoms with Crippen LogP contribution in [0.2, 0.25) is 0 Å². The molecular weight excluding hydrogens is 247 g/mol. The standard InChI is InChI=1S/C14H17FN2S/c1-9(14-10(2)18-11(3)17-14)16-8-12-5-4-6-13(15)7-12/h4-7,9,16H,8H2,1-3H3. The van der Waals surface area contributed by atoms with Crippen LogP contribution in [-0.4, -0.2) is 4.98 Å². The summed E-state index contributed by atoms with van der Waals surface area (Å²) in [5.41, 5.74) is 2.04. The van der Waals surface area contributed by atoms with Crippen LogP contribution in [0, 0.1) is 19.7 Å². The zero-order valence-electron chi connectivity index (χ0n) is 10.8. The zero-order chi connectivity index (χ0) is 13.1. The summed E-state index contributed by atoms with van der Waals surface area (Å²) in [6, 6.07) is 6.84. The van der Waals surface area contributed by atoms with Gasteiger partial charge in [0.25, 0.3) is 0 Å². The summed E-state index contributed by atoms with van der Waals surface area (Å²) in [5.74, 6) is -0.192. The molecule has 4 heteroatoms. The van der Waals surface area contributed by atoms with E-state index in [0.717, 1.165) is 16.3 Å². The number of aromatic nitrogens is 1. The third-order valence-electron chi connectivity index (χ3n) is 2.85. The van der Waals surface area contributed by atoms with Gasteiger partial charge >= 0.3 is 0 Å². The Morgan fingerprint density at radius 2 is 2.17 bits per heavy atom. The van der Waals surface area contributed by atoms with E-state index in [2.05, 4.69) is 24.1 Å². The van der Waals surface area contributed by atoms with Gasteiger partial charge in [-0.3, -0.25) is 0 Å². The second-order valence-corrected chi connectivity index (χ2v) is 5.81. The Balaban J connectivity index is 2.00. The van der Waals surface area contributed by atoms with Gasteiger partial charge in [0.1, 0.15) is 5.82 Å². The molecule has 0 aliphatic carbocycles. The Hall–Kier alpha value is -1.26. The van der Waals surface area contributed by atoms with Crippen LogP contribution < -0.4 is 5.32 Å². The van der Waals surface area contributed by atoms with Gasteiger partial charge < -0.3 is 5.32 Å². The van der Waals surface area contributed by atoms with Crippen molar-refractivity contribution >= 4 is 11.3 Å². The quantitative estimate of drug-likeness (QED) is 0.909. The minimum absolute atomic E-state index is 0.179. The minimum Gasteiger partial charge on any atom is -0.305 e. The topological polar surface area (TPSA) is 24.9 Å². The van der Waals surface area contributed by atoms with E-state index >= 15 is 0 Å². The van der Waals surface area contributed by atoms with Gasteiger partial charge in [-0.15, -0.1) is 11.3 Å². The fourth-order valence-electron chi connectivity index (χ4n) is 1.96. The Morgan fingerprint density at radius 1 is 1.39 bits per heavy atom.